The van der Waals surface area contributed by atoms with Gasteiger partial charge in [-0.15, -0.1) is 0 Å². The van der Waals surface area contributed by atoms with Crippen LogP contribution in [-0.2, 0) is 9.57 Å². The molecule has 0 saturated heterocycles. The average molecular weight is 230 g/mol. The van der Waals surface area contributed by atoms with Crippen LogP contribution < -0.4 is 11.2 Å². The van der Waals surface area contributed by atoms with Crippen molar-refractivity contribution in [3.8, 4) is 0 Å². The third-order valence-electron chi connectivity index (χ3n) is 2.43. The molecule has 1 saturated carbocycles. The van der Waals surface area contributed by atoms with Gasteiger partial charge in [-0.1, -0.05) is 0 Å². The smallest absolute Gasteiger partial charge is 0.431 e. The average Bonchev–Trinajstić information content (AvgIpc) is 2.14. The summed E-state index contributed by atoms with van der Waals surface area (Å²) < 4.78 is 5.05. The lowest BCUT2D eigenvalue weighted by Gasteiger charge is -2.26. The Balaban J connectivity index is 2.17. The van der Waals surface area contributed by atoms with Crippen molar-refractivity contribution in [2.75, 3.05) is 0 Å². The van der Waals surface area contributed by atoms with E-state index in [1.54, 1.807) is 0 Å². The van der Waals surface area contributed by atoms with Crippen LogP contribution in [0.4, 0.5) is 4.79 Å². The van der Waals surface area contributed by atoms with Crippen molar-refractivity contribution in [2.24, 2.45) is 5.73 Å². The molecule has 16 heavy (non-hydrogen) atoms. The van der Waals surface area contributed by atoms with Crippen LogP contribution in [0.15, 0.2) is 0 Å². The van der Waals surface area contributed by atoms with Gasteiger partial charge in [0, 0.05) is 6.04 Å². The van der Waals surface area contributed by atoms with Gasteiger partial charge < -0.3 is 10.5 Å². The number of nitrogens with two attached hydrogens (primary N) is 1. The van der Waals surface area contributed by atoms with Gasteiger partial charge in [0.2, 0.25) is 0 Å². The van der Waals surface area contributed by atoms with E-state index in [-0.39, 0.29) is 12.1 Å². The molecule has 1 aliphatic carbocycles. The highest BCUT2D eigenvalue weighted by Crippen LogP contribution is 2.19. The quantitative estimate of drug-likeness (QED) is 0.708. The Labute approximate surface area is 96.6 Å². The Kier molecular flexibility index (Phi) is 4.56. The predicted molar refractivity (Wildman–Crippen MR) is 60.7 cm³/mol. The van der Waals surface area contributed by atoms with E-state index in [1.165, 1.54) is 0 Å². The number of carbonyl (C=O) groups excluding carboxylic acids is 1. The number of hydrogen-bond acceptors (Lipinski definition) is 4. The lowest BCUT2D eigenvalue weighted by molar-refractivity contribution is -0.0548. The van der Waals surface area contributed by atoms with Crippen molar-refractivity contribution in [1.29, 1.82) is 0 Å². The third-order valence-corrected chi connectivity index (χ3v) is 2.43. The second-order valence-corrected chi connectivity index (χ2v) is 5.26. The molecule has 1 amide bonds. The second-order valence-electron chi connectivity index (χ2n) is 5.26. The summed E-state index contributed by atoms with van der Waals surface area (Å²) >= 11 is 0. The van der Waals surface area contributed by atoms with Crippen LogP contribution in [0.25, 0.3) is 0 Å². The highest BCUT2D eigenvalue weighted by Gasteiger charge is 2.21. The lowest BCUT2D eigenvalue weighted by atomic mass is 9.94. The number of rotatable bonds is 2. The molecule has 94 valence electrons. The van der Waals surface area contributed by atoms with E-state index in [0.29, 0.717) is 0 Å². The summed E-state index contributed by atoms with van der Waals surface area (Å²) in [4.78, 5) is 16.5. The van der Waals surface area contributed by atoms with Crippen LogP contribution in [0.1, 0.15) is 46.5 Å². The molecule has 0 aromatic heterocycles. The molecule has 0 aliphatic heterocycles. The number of nitrogens with one attached hydrogen (secondary N) is 1. The van der Waals surface area contributed by atoms with Crippen LogP contribution >= 0.6 is 0 Å². The van der Waals surface area contributed by atoms with Gasteiger partial charge in [0.05, 0.1) is 6.10 Å². The lowest BCUT2D eigenvalue weighted by Crippen LogP contribution is -2.38. The molecule has 0 radical (unpaired) electrons. The van der Waals surface area contributed by atoms with Gasteiger partial charge in [-0.3, -0.25) is 4.84 Å². The van der Waals surface area contributed by atoms with Crippen molar-refractivity contribution in [3.05, 3.63) is 0 Å². The number of hydrogen-bond donors (Lipinski definition) is 2. The molecule has 0 aromatic rings. The zero-order chi connectivity index (χ0) is 12.2. The summed E-state index contributed by atoms with van der Waals surface area (Å²) in [6.45, 7) is 5.44. The molecule has 0 atom stereocenters. The molecular weight excluding hydrogens is 208 g/mol. The maximum absolute atomic E-state index is 11.3. The highest BCUT2D eigenvalue weighted by atomic mass is 16.7. The van der Waals surface area contributed by atoms with Crippen molar-refractivity contribution < 1.29 is 14.4 Å². The summed E-state index contributed by atoms with van der Waals surface area (Å²) in [6, 6.07) is 0.279. The fourth-order valence-electron chi connectivity index (χ4n) is 1.64. The molecule has 5 nitrogen and oxygen atoms in total. The van der Waals surface area contributed by atoms with Crippen LogP contribution in [0, 0.1) is 0 Å². The zero-order valence-corrected chi connectivity index (χ0v) is 10.3. The fourth-order valence-corrected chi connectivity index (χ4v) is 1.64. The van der Waals surface area contributed by atoms with Crippen molar-refractivity contribution in [1.82, 2.24) is 5.48 Å². The predicted octanol–water partition coefficient (Wildman–Crippen LogP) is 1.71. The second kappa shape index (κ2) is 5.50. The summed E-state index contributed by atoms with van der Waals surface area (Å²) in [6.07, 6.45) is 3.18. The Hall–Kier alpha value is -0.810. The maximum Gasteiger partial charge on any atom is 0.431 e. The van der Waals surface area contributed by atoms with Gasteiger partial charge in [0.25, 0.3) is 0 Å². The summed E-state index contributed by atoms with van der Waals surface area (Å²) in [7, 11) is 0. The Morgan fingerprint density at radius 1 is 1.25 bits per heavy atom. The van der Waals surface area contributed by atoms with Crippen LogP contribution in [0.5, 0.6) is 0 Å². The maximum atomic E-state index is 11.3. The van der Waals surface area contributed by atoms with E-state index in [1.807, 2.05) is 20.8 Å². The van der Waals surface area contributed by atoms with Gasteiger partial charge in [-0.2, -0.15) is 5.48 Å². The number of hydroxylamine groups is 1. The molecule has 3 N–H and O–H groups in total. The van der Waals surface area contributed by atoms with E-state index in [2.05, 4.69) is 5.48 Å². The van der Waals surface area contributed by atoms with Crippen LogP contribution in [0.3, 0.4) is 0 Å². The fraction of sp³-hybridized carbons (Fsp3) is 0.909. The SMILES string of the molecule is CC(C)(C)OC(=O)NOC1CCC(N)CC1. The Bertz CT molecular complexity index is 230. The van der Waals surface area contributed by atoms with Gasteiger partial charge in [0.15, 0.2) is 0 Å². The zero-order valence-electron chi connectivity index (χ0n) is 10.3. The monoisotopic (exact) mass is 230 g/mol. The standard InChI is InChI=1S/C11H22N2O3/c1-11(2,3)15-10(14)13-16-9-6-4-8(12)5-7-9/h8-9H,4-7,12H2,1-3H3,(H,13,14). The van der Waals surface area contributed by atoms with E-state index < -0.39 is 11.7 Å². The molecule has 1 rings (SSSR count). The third kappa shape index (κ3) is 5.32. The van der Waals surface area contributed by atoms with Crippen LogP contribution in [0.2, 0.25) is 0 Å². The molecule has 0 spiro atoms. The first-order valence-corrected chi connectivity index (χ1v) is 5.77. The molecule has 1 aliphatic rings. The van der Waals surface area contributed by atoms with E-state index in [0.717, 1.165) is 25.7 Å². The topological polar surface area (TPSA) is 73.6 Å². The molecule has 0 bridgehead atoms. The number of ether oxygens (including phenoxy) is 1. The first-order chi connectivity index (χ1) is 7.37. The molecular formula is C11H22N2O3. The van der Waals surface area contributed by atoms with Gasteiger partial charge >= 0.3 is 6.09 Å². The number of amides is 1. The molecule has 1 fully saturated rings. The molecule has 0 aromatic carbocycles. The summed E-state index contributed by atoms with van der Waals surface area (Å²) in [5.41, 5.74) is 7.59. The first-order valence-electron chi connectivity index (χ1n) is 5.77. The Morgan fingerprint density at radius 3 is 2.31 bits per heavy atom. The minimum absolute atomic E-state index is 0.0623. The summed E-state index contributed by atoms with van der Waals surface area (Å²) in [5, 5.41) is 0. The van der Waals surface area contributed by atoms with E-state index >= 15 is 0 Å². The molecule has 0 heterocycles. The van der Waals surface area contributed by atoms with Gasteiger partial charge in [0.1, 0.15) is 5.60 Å². The van der Waals surface area contributed by atoms with Crippen molar-refractivity contribution >= 4 is 6.09 Å². The van der Waals surface area contributed by atoms with E-state index in [4.69, 9.17) is 15.3 Å². The van der Waals surface area contributed by atoms with Crippen molar-refractivity contribution in [2.45, 2.75) is 64.2 Å². The normalized spacial score (nSPS) is 26.2. The molecule has 5 heteroatoms. The minimum Gasteiger partial charge on any atom is -0.442 e. The Morgan fingerprint density at radius 2 is 1.81 bits per heavy atom. The highest BCUT2D eigenvalue weighted by molar-refractivity contribution is 5.66. The van der Waals surface area contributed by atoms with E-state index in [9.17, 15) is 4.79 Å². The number of carbonyl (C=O) groups is 1. The van der Waals surface area contributed by atoms with Crippen molar-refractivity contribution in [3.63, 3.8) is 0 Å². The van der Waals surface area contributed by atoms with Gasteiger partial charge in [-0.25, -0.2) is 4.79 Å². The molecule has 0 unspecified atom stereocenters. The first kappa shape index (κ1) is 13.3. The largest absolute Gasteiger partial charge is 0.442 e. The summed E-state index contributed by atoms with van der Waals surface area (Å²) in [5.74, 6) is 0. The van der Waals surface area contributed by atoms with Crippen LogP contribution in [-0.4, -0.2) is 23.8 Å². The minimum atomic E-state index is -0.539. The van der Waals surface area contributed by atoms with Gasteiger partial charge in [-0.05, 0) is 46.5 Å².